The maximum atomic E-state index is 13.1. The van der Waals surface area contributed by atoms with Crippen LogP contribution < -0.4 is 0 Å². The molecule has 0 radical (unpaired) electrons. The number of hydrogen-bond donors (Lipinski definition) is 0. The molecule has 4 heterocycles. The van der Waals surface area contributed by atoms with E-state index in [0.717, 1.165) is 50.3 Å². The minimum Gasteiger partial charge on any atom is -0.384 e. The second kappa shape index (κ2) is 8.77. The lowest BCUT2D eigenvalue weighted by atomic mass is 9.97. The fourth-order valence-corrected chi connectivity index (χ4v) is 6.68. The van der Waals surface area contributed by atoms with Gasteiger partial charge in [-0.15, -0.1) is 10.2 Å². The molecule has 1 aromatic rings. The Hall–Kier alpha value is -1.03. The zero-order valence-corrected chi connectivity index (χ0v) is 17.7. The van der Waals surface area contributed by atoms with Crippen LogP contribution in [-0.4, -0.2) is 71.7 Å². The minimum absolute atomic E-state index is 0.303. The quantitative estimate of drug-likeness (QED) is 0.738. The summed E-state index contributed by atoms with van der Waals surface area (Å²) in [6, 6.07) is 0. The standard InChI is InChI=1S/C19H33N5O3S/c1-27-15-16-6-5-10-23(14-16)28(25,26)22-12-8-17(9-13-22)19-21-20-18-7-3-2-4-11-24(18)19/h16-17H,2-15H2,1H3. The topological polar surface area (TPSA) is 80.6 Å². The molecule has 9 heteroatoms. The first-order valence-electron chi connectivity index (χ1n) is 10.8. The van der Waals surface area contributed by atoms with Crippen LogP contribution in [0.1, 0.15) is 62.5 Å². The first-order valence-corrected chi connectivity index (χ1v) is 12.2. The lowest BCUT2D eigenvalue weighted by molar-refractivity contribution is 0.115. The second-order valence-corrected chi connectivity index (χ2v) is 10.4. The molecule has 0 aliphatic carbocycles. The summed E-state index contributed by atoms with van der Waals surface area (Å²) >= 11 is 0. The van der Waals surface area contributed by atoms with Crippen LogP contribution in [0.3, 0.4) is 0 Å². The van der Waals surface area contributed by atoms with E-state index in [9.17, 15) is 8.42 Å². The lowest BCUT2D eigenvalue weighted by Crippen LogP contribution is -2.50. The van der Waals surface area contributed by atoms with Crippen LogP contribution in [-0.2, 0) is 27.9 Å². The Bertz CT molecular complexity index is 756. The number of ether oxygens (including phenoxy) is 1. The summed E-state index contributed by atoms with van der Waals surface area (Å²) < 4.78 is 37.2. The van der Waals surface area contributed by atoms with E-state index < -0.39 is 10.2 Å². The minimum atomic E-state index is -3.38. The van der Waals surface area contributed by atoms with Gasteiger partial charge in [-0.3, -0.25) is 0 Å². The molecule has 0 aromatic carbocycles. The predicted molar refractivity (Wildman–Crippen MR) is 106 cm³/mol. The molecule has 3 aliphatic heterocycles. The molecule has 0 bridgehead atoms. The van der Waals surface area contributed by atoms with Crippen LogP contribution in [0.15, 0.2) is 0 Å². The van der Waals surface area contributed by atoms with E-state index in [1.165, 1.54) is 19.3 Å². The van der Waals surface area contributed by atoms with Gasteiger partial charge in [0.05, 0.1) is 6.61 Å². The van der Waals surface area contributed by atoms with Crippen molar-refractivity contribution in [2.24, 2.45) is 5.92 Å². The highest BCUT2D eigenvalue weighted by Crippen LogP contribution is 2.31. The van der Waals surface area contributed by atoms with E-state index in [1.807, 2.05) is 0 Å². The van der Waals surface area contributed by atoms with Crippen LogP contribution in [0.25, 0.3) is 0 Å². The molecule has 0 N–H and O–H groups in total. The molecule has 1 unspecified atom stereocenters. The summed E-state index contributed by atoms with van der Waals surface area (Å²) in [4.78, 5) is 0. The van der Waals surface area contributed by atoms with Crippen molar-refractivity contribution in [3.8, 4) is 0 Å². The van der Waals surface area contributed by atoms with Gasteiger partial charge in [0, 0.05) is 52.2 Å². The van der Waals surface area contributed by atoms with Crippen molar-refractivity contribution in [2.45, 2.75) is 63.8 Å². The molecule has 0 amide bonds. The molecule has 0 spiro atoms. The number of aromatic nitrogens is 3. The summed E-state index contributed by atoms with van der Waals surface area (Å²) in [7, 11) is -1.70. The predicted octanol–water partition coefficient (Wildman–Crippen LogP) is 1.79. The molecule has 4 rings (SSSR count). The van der Waals surface area contributed by atoms with Gasteiger partial charge in [0.2, 0.25) is 0 Å². The lowest BCUT2D eigenvalue weighted by Gasteiger charge is -2.38. The summed E-state index contributed by atoms with van der Waals surface area (Å²) in [5, 5.41) is 8.91. The van der Waals surface area contributed by atoms with Gasteiger partial charge >= 0.3 is 0 Å². The number of rotatable bonds is 5. The first-order chi connectivity index (χ1) is 13.6. The Balaban J connectivity index is 1.39. The summed E-state index contributed by atoms with van der Waals surface area (Å²) in [6.45, 7) is 3.98. The normalized spacial score (nSPS) is 26.1. The second-order valence-electron chi connectivity index (χ2n) is 8.44. The van der Waals surface area contributed by atoms with Crippen molar-refractivity contribution >= 4 is 10.2 Å². The summed E-state index contributed by atoms with van der Waals surface area (Å²) in [6.07, 6.45) is 8.24. The molecular formula is C19H33N5O3S. The van der Waals surface area contributed by atoms with Gasteiger partial charge in [0.15, 0.2) is 0 Å². The number of nitrogens with zero attached hydrogens (tertiary/aromatic N) is 5. The largest absolute Gasteiger partial charge is 0.384 e. The van der Waals surface area contributed by atoms with E-state index in [4.69, 9.17) is 4.74 Å². The molecule has 28 heavy (non-hydrogen) atoms. The smallest absolute Gasteiger partial charge is 0.281 e. The highest BCUT2D eigenvalue weighted by atomic mass is 32.2. The number of aryl methyl sites for hydroxylation is 1. The van der Waals surface area contributed by atoms with E-state index >= 15 is 0 Å². The van der Waals surface area contributed by atoms with Gasteiger partial charge in [-0.05, 0) is 44.4 Å². The Kier molecular flexibility index (Phi) is 6.34. The summed E-state index contributed by atoms with van der Waals surface area (Å²) in [5.74, 6) is 2.80. The van der Waals surface area contributed by atoms with Gasteiger partial charge in [-0.25, -0.2) is 0 Å². The maximum absolute atomic E-state index is 13.1. The first kappa shape index (κ1) is 20.3. The third-order valence-electron chi connectivity index (χ3n) is 6.49. The fraction of sp³-hybridized carbons (Fsp3) is 0.895. The highest BCUT2D eigenvalue weighted by Gasteiger charge is 2.37. The van der Waals surface area contributed by atoms with E-state index in [0.29, 0.717) is 44.6 Å². The Morgan fingerprint density at radius 2 is 1.79 bits per heavy atom. The van der Waals surface area contributed by atoms with E-state index in [1.54, 1.807) is 15.7 Å². The van der Waals surface area contributed by atoms with Crippen molar-refractivity contribution in [2.75, 3.05) is 39.9 Å². The van der Waals surface area contributed by atoms with Crippen molar-refractivity contribution in [3.63, 3.8) is 0 Å². The van der Waals surface area contributed by atoms with E-state index in [2.05, 4.69) is 14.8 Å². The molecule has 3 aliphatic rings. The monoisotopic (exact) mass is 411 g/mol. The molecule has 8 nitrogen and oxygen atoms in total. The van der Waals surface area contributed by atoms with Crippen molar-refractivity contribution in [1.82, 2.24) is 23.4 Å². The number of hydrogen-bond acceptors (Lipinski definition) is 5. The van der Waals surface area contributed by atoms with Gasteiger partial charge in [-0.1, -0.05) is 6.42 Å². The average molecular weight is 412 g/mol. The molecule has 1 atom stereocenters. The maximum Gasteiger partial charge on any atom is 0.281 e. The van der Waals surface area contributed by atoms with Crippen LogP contribution in [0, 0.1) is 5.92 Å². The number of fused-ring (bicyclic) bond motifs is 1. The zero-order chi connectivity index (χ0) is 19.6. The third kappa shape index (κ3) is 4.13. The van der Waals surface area contributed by atoms with E-state index in [-0.39, 0.29) is 0 Å². The average Bonchev–Trinajstić information content (AvgIpc) is 2.97. The molecule has 2 fully saturated rings. The number of piperidine rings is 2. The van der Waals surface area contributed by atoms with Crippen molar-refractivity contribution in [3.05, 3.63) is 11.6 Å². The molecule has 2 saturated heterocycles. The Morgan fingerprint density at radius 1 is 0.964 bits per heavy atom. The molecule has 1 aromatic heterocycles. The van der Waals surface area contributed by atoms with Gasteiger partial charge in [0.25, 0.3) is 10.2 Å². The van der Waals surface area contributed by atoms with Crippen LogP contribution >= 0.6 is 0 Å². The Labute approximate surface area is 168 Å². The Morgan fingerprint density at radius 3 is 2.57 bits per heavy atom. The van der Waals surface area contributed by atoms with Crippen molar-refractivity contribution in [1.29, 1.82) is 0 Å². The van der Waals surface area contributed by atoms with Gasteiger partial charge < -0.3 is 9.30 Å². The molecule has 158 valence electrons. The summed E-state index contributed by atoms with van der Waals surface area (Å²) in [5.41, 5.74) is 0. The third-order valence-corrected chi connectivity index (χ3v) is 8.50. The van der Waals surface area contributed by atoms with Crippen LogP contribution in [0.5, 0.6) is 0 Å². The highest BCUT2D eigenvalue weighted by molar-refractivity contribution is 7.86. The fourth-order valence-electron chi connectivity index (χ4n) is 4.93. The zero-order valence-electron chi connectivity index (χ0n) is 16.9. The van der Waals surface area contributed by atoms with Crippen LogP contribution in [0.2, 0.25) is 0 Å². The molecular weight excluding hydrogens is 378 g/mol. The van der Waals surface area contributed by atoms with Gasteiger partial charge in [-0.2, -0.15) is 17.0 Å². The van der Waals surface area contributed by atoms with Crippen molar-refractivity contribution < 1.29 is 13.2 Å². The molecule has 0 saturated carbocycles. The van der Waals surface area contributed by atoms with Gasteiger partial charge in [0.1, 0.15) is 11.6 Å². The van der Waals surface area contributed by atoms with Crippen LogP contribution in [0.4, 0.5) is 0 Å². The number of methoxy groups -OCH3 is 1. The SMILES string of the molecule is COCC1CCCN(S(=O)(=O)N2CCC(c3nnc4n3CCCCC4)CC2)C1.